The van der Waals surface area contributed by atoms with E-state index in [4.69, 9.17) is 0 Å². The number of hydrogen-bond donors (Lipinski definition) is 0. The monoisotopic (exact) mass is 818 g/mol. The summed E-state index contributed by atoms with van der Waals surface area (Å²) in [5.41, 5.74) is 11.6. The van der Waals surface area contributed by atoms with Crippen LogP contribution in [0.1, 0.15) is 0 Å². The molecule has 0 atom stereocenters. The average Bonchev–Trinajstić information content (AvgIpc) is 3.88. The fraction of sp³-hybridized carbons (Fsp3) is 0. The van der Waals surface area contributed by atoms with Crippen molar-refractivity contribution in [3.05, 3.63) is 231 Å². The molecule has 0 unspecified atom stereocenters. The van der Waals surface area contributed by atoms with Gasteiger partial charge >= 0.3 is 0 Å². The molecule has 2 nitrogen and oxygen atoms in total. The standard InChI is InChI=1S/C60H38N2S/c1-3-14-40(15-4-1)50-29-26-47(36-53(50)45-24-23-39-13-7-8-17-42(39)33-45)61(49-27-30-52-54-34-43-18-9-10-19-44(43)35-58(54)63-59(52)38-49)48-28-32-56-55(37-48)60-51-22-12-11-16-41(51)25-31-57(60)62(56)46-20-5-2-6-21-46/h1-38H. The van der Waals surface area contributed by atoms with Crippen molar-refractivity contribution in [2.45, 2.75) is 0 Å². The largest absolute Gasteiger partial charge is 0.310 e. The summed E-state index contributed by atoms with van der Waals surface area (Å²) in [6, 6.07) is 85.0. The molecular formula is C60H38N2S. The molecule has 2 heterocycles. The van der Waals surface area contributed by atoms with Crippen molar-refractivity contribution < 1.29 is 0 Å². The topological polar surface area (TPSA) is 8.17 Å². The smallest absolute Gasteiger partial charge is 0.0547 e. The van der Waals surface area contributed by atoms with Crippen LogP contribution in [0.4, 0.5) is 17.1 Å². The quantitative estimate of drug-likeness (QED) is 0.162. The Labute approximate surface area is 368 Å². The number of aromatic nitrogens is 1. The molecule has 0 spiro atoms. The van der Waals surface area contributed by atoms with Crippen LogP contribution < -0.4 is 4.90 Å². The average molecular weight is 819 g/mol. The van der Waals surface area contributed by atoms with Gasteiger partial charge in [0.05, 0.1) is 11.0 Å². The molecule has 294 valence electrons. The molecular weight excluding hydrogens is 781 g/mol. The van der Waals surface area contributed by atoms with Crippen molar-refractivity contribution in [3.63, 3.8) is 0 Å². The highest BCUT2D eigenvalue weighted by atomic mass is 32.1. The third-order valence-electron chi connectivity index (χ3n) is 12.9. The van der Waals surface area contributed by atoms with Crippen molar-refractivity contribution in [3.8, 4) is 27.9 Å². The van der Waals surface area contributed by atoms with Crippen molar-refractivity contribution in [1.82, 2.24) is 4.57 Å². The predicted octanol–water partition coefficient (Wildman–Crippen LogP) is 17.4. The van der Waals surface area contributed by atoms with Crippen LogP contribution in [-0.2, 0) is 0 Å². The van der Waals surface area contributed by atoms with E-state index in [1.165, 1.54) is 96.5 Å². The summed E-state index contributed by atoms with van der Waals surface area (Å²) < 4.78 is 5.00. The lowest BCUT2D eigenvalue weighted by atomic mass is 9.92. The first-order valence-corrected chi connectivity index (χ1v) is 22.4. The molecule has 63 heavy (non-hydrogen) atoms. The molecule has 0 radical (unpaired) electrons. The van der Waals surface area contributed by atoms with E-state index in [1.807, 2.05) is 11.3 Å². The van der Waals surface area contributed by atoms with Gasteiger partial charge in [-0.15, -0.1) is 11.3 Å². The van der Waals surface area contributed by atoms with Crippen molar-refractivity contribution in [2.24, 2.45) is 0 Å². The zero-order valence-electron chi connectivity index (χ0n) is 34.2. The lowest BCUT2D eigenvalue weighted by molar-refractivity contribution is 1.18. The van der Waals surface area contributed by atoms with Gasteiger partial charge in [-0.3, -0.25) is 0 Å². The molecule has 0 saturated carbocycles. The zero-order chi connectivity index (χ0) is 41.4. The summed E-state index contributed by atoms with van der Waals surface area (Å²) >= 11 is 1.88. The third-order valence-corrected chi connectivity index (χ3v) is 14.0. The van der Waals surface area contributed by atoms with Gasteiger partial charge in [0, 0.05) is 53.7 Å². The highest BCUT2D eigenvalue weighted by molar-refractivity contribution is 7.26. The maximum absolute atomic E-state index is 2.47. The highest BCUT2D eigenvalue weighted by Gasteiger charge is 2.21. The number of fused-ring (bicyclic) bond motifs is 10. The number of para-hydroxylation sites is 1. The second-order valence-electron chi connectivity index (χ2n) is 16.5. The first kappa shape index (κ1) is 35.7. The maximum atomic E-state index is 2.47. The van der Waals surface area contributed by atoms with E-state index in [0.717, 1.165) is 22.7 Å². The molecule has 0 fully saturated rings. The van der Waals surface area contributed by atoms with Gasteiger partial charge < -0.3 is 9.47 Å². The maximum Gasteiger partial charge on any atom is 0.0547 e. The lowest BCUT2D eigenvalue weighted by Gasteiger charge is -2.27. The van der Waals surface area contributed by atoms with E-state index in [2.05, 4.69) is 240 Å². The fourth-order valence-corrected chi connectivity index (χ4v) is 11.1. The number of hydrogen-bond acceptors (Lipinski definition) is 2. The van der Waals surface area contributed by atoms with E-state index in [1.54, 1.807) is 0 Å². The van der Waals surface area contributed by atoms with E-state index in [9.17, 15) is 0 Å². The van der Waals surface area contributed by atoms with Crippen LogP contribution >= 0.6 is 11.3 Å². The fourth-order valence-electron chi connectivity index (χ4n) is 9.95. The van der Waals surface area contributed by atoms with Gasteiger partial charge in [0.25, 0.3) is 0 Å². The number of benzene rings is 11. The van der Waals surface area contributed by atoms with Gasteiger partial charge in [0.1, 0.15) is 0 Å². The second-order valence-corrected chi connectivity index (χ2v) is 17.6. The molecule has 0 bridgehead atoms. The number of nitrogens with zero attached hydrogens (tertiary/aromatic N) is 2. The Morgan fingerprint density at radius 3 is 1.75 bits per heavy atom. The Bertz CT molecular complexity index is 3920. The van der Waals surface area contributed by atoms with Crippen LogP contribution in [-0.4, -0.2) is 4.57 Å². The number of thiophene rings is 1. The minimum Gasteiger partial charge on any atom is -0.310 e. The Kier molecular flexibility index (Phi) is 8.12. The SMILES string of the molecule is c1ccc(-c2ccc(N(c3ccc4c(c3)sc3cc5ccccc5cc34)c3ccc4c(c3)c3c5ccccc5ccc3n4-c3ccccc3)cc2-c2ccc3ccccc3c2)cc1. The van der Waals surface area contributed by atoms with Gasteiger partial charge in [-0.05, 0) is 133 Å². The molecule has 3 heteroatoms. The Morgan fingerprint density at radius 2 is 0.921 bits per heavy atom. The summed E-state index contributed by atoms with van der Waals surface area (Å²) in [4.78, 5) is 2.47. The van der Waals surface area contributed by atoms with E-state index in [0.29, 0.717) is 0 Å². The van der Waals surface area contributed by atoms with Crippen molar-refractivity contribution in [2.75, 3.05) is 4.90 Å². The summed E-state index contributed by atoms with van der Waals surface area (Å²) in [5, 5.41) is 12.6. The zero-order valence-corrected chi connectivity index (χ0v) is 35.1. The van der Waals surface area contributed by atoms with Crippen molar-refractivity contribution >= 4 is 103 Å². The normalized spacial score (nSPS) is 11.8. The number of rotatable bonds is 6. The minimum atomic E-state index is 1.10. The molecule has 13 aromatic rings. The van der Waals surface area contributed by atoms with Gasteiger partial charge in [-0.2, -0.15) is 0 Å². The highest BCUT2D eigenvalue weighted by Crippen LogP contribution is 2.46. The summed E-state index contributed by atoms with van der Waals surface area (Å²) in [5.74, 6) is 0. The summed E-state index contributed by atoms with van der Waals surface area (Å²) in [7, 11) is 0. The second kappa shape index (κ2) is 14.3. The van der Waals surface area contributed by atoms with E-state index < -0.39 is 0 Å². The van der Waals surface area contributed by atoms with Crippen LogP contribution in [0.25, 0.3) is 102 Å². The third kappa shape index (κ3) is 5.85. The van der Waals surface area contributed by atoms with E-state index >= 15 is 0 Å². The molecule has 0 amide bonds. The number of anilines is 3. The van der Waals surface area contributed by atoms with Crippen molar-refractivity contribution in [1.29, 1.82) is 0 Å². The Morgan fingerprint density at radius 1 is 0.317 bits per heavy atom. The van der Waals surface area contributed by atoms with Gasteiger partial charge in [-0.1, -0.05) is 152 Å². The lowest BCUT2D eigenvalue weighted by Crippen LogP contribution is -2.10. The van der Waals surface area contributed by atoms with Crippen LogP contribution in [0.3, 0.4) is 0 Å². The predicted molar refractivity (Wildman–Crippen MR) is 272 cm³/mol. The first-order valence-electron chi connectivity index (χ1n) is 21.6. The van der Waals surface area contributed by atoms with E-state index in [-0.39, 0.29) is 0 Å². The summed E-state index contributed by atoms with van der Waals surface area (Å²) in [6.45, 7) is 0. The van der Waals surface area contributed by atoms with Crippen LogP contribution in [0.15, 0.2) is 231 Å². The molecule has 11 aromatic carbocycles. The molecule has 0 aliphatic rings. The summed E-state index contributed by atoms with van der Waals surface area (Å²) in [6.07, 6.45) is 0. The molecule has 13 rings (SSSR count). The molecule has 0 aliphatic carbocycles. The van der Waals surface area contributed by atoms with Gasteiger partial charge in [-0.25, -0.2) is 0 Å². The van der Waals surface area contributed by atoms with Gasteiger partial charge in [0.2, 0.25) is 0 Å². The first-order chi connectivity index (χ1) is 31.2. The van der Waals surface area contributed by atoms with Crippen LogP contribution in [0.5, 0.6) is 0 Å². The Hall–Kier alpha value is -7.98. The Balaban J connectivity index is 1.08. The molecule has 0 aliphatic heterocycles. The molecule has 0 N–H and O–H groups in total. The molecule has 0 saturated heterocycles. The van der Waals surface area contributed by atoms with Gasteiger partial charge in [0.15, 0.2) is 0 Å². The van der Waals surface area contributed by atoms with Crippen LogP contribution in [0, 0.1) is 0 Å². The van der Waals surface area contributed by atoms with Crippen LogP contribution in [0.2, 0.25) is 0 Å². The molecule has 2 aromatic heterocycles. The minimum absolute atomic E-state index is 1.10.